The molecule has 0 aliphatic heterocycles. The number of hydrogen-bond acceptors (Lipinski definition) is 4. The van der Waals surface area contributed by atoms with Gasteiger partial charge in [-0.05, 0) is 44.0 Å². The third-order valence-electron chi connectivity index (χ3n) is 4.62. The highest BCUT2D eigenvalue weighted by Gasteiger charge is 2.19. The van der Waals surface area contributed by atoms with Gasteiger partial charge in [-0.15, -0.1) is 0 Å². The van der Waals surface area contributed by atoms with E-state index >= 15 is 0 Å². The molecule has 30 heavy (non-hydrogen) atoms. The average molecular weight is 432 g/mol. The van der Waals surface area contributed by atoms with Gasteiger partial charge in [0.05, 0.1) is 6.04 Å². The van der Waals surface area contributed by atoms with Crippen LogP contribution in [0.15, 0.2) is 29.9 Å². The van der Waals surface area contributed by atoms with Crippen LogP contribution in [0.3, 0.4) is 0 Å². The van der Waals surface area contributed by atoms with Crippen LogP contribution in [0.2, 0.25) is 0 Å². The van der Waals surface area contributed by atoms with Crippen molar-refractivity contribution in [3.8, 4) is 0 Å². The molecule has 0 amide bonds. The Bertz CT molecular complexity index is 605. The van der Waals surface area contributed by atoms with Gasteiger partial charge in [0, 0.05) is 18.7 Å². The van der Waals surface area contributed by atoms with Crippen molar-refractivity contribution >= 4 is 0 Å². The Labute approximate surface area is 180 Å². The molecule has 0 aromatic heterocycles. The molecule has 1 aliphatic carbocycles. The molecule has 1 aromatic rings. The van der Waals surface area contributed by atoms with E-state index in [0.717, 1.165) is 31.0 Å². The SMILES string of the molecule is CC.CC.CNCC(N)/C(F)=C(\NCC1CCCCC1)OCc1cc(F)ccc1F. The van der Waals surface area contributed by atoms with Crippen LogP contribution in [0.1, 0.15) is 65.4 Å². The fraction of sp³-hybridized carbons (Fsp3) is 0.652. The van der Waals surface area contributed by atoms with Crippen LogP contribution in [0.5, 0.6) is 0 Å². The molecular formula is C23H40F3N3O. The van der Waals surface area contributed by atoms with Crippen LogP contribution in [-0.4, -0.2) is 26.2 Å². The molecule has 1 aromatic carbocycles. The van der Waals surface area contributed by atoms with E-state index in [1.165, 1.54) is 19.3 Å². The summed E-state index contributed by atoms with van der Waals surface area (Å²) in [5, 5.41) is 5.80. The van der Waals surface area contributed by atoms with Crippen LogP contribution in [0.25, 0.3) is 0 Å². The van der Waals surface area contributed by atoms with Crippen molar-refractivity contribution in [3.05, 3.63) is 47.1 Å². The summed E-state index contributed by atoms with van der Waals surface area (Å²) < 4.78 is 47.2. The number of ether oxygens (including phenoxy) is 1. The van der Waals surface area contributed by atoms with Gasteiger partial charge in [0.2, 0.25) is 5.88 Å². The molecule has 1 fully saturated rings. The van der Waals surface area contributed by atoms with Gasteiger partial charge in [0.1, 0.15) is 18.2 Å². The van der Waals surface area contributed by atoms with Crippen molar-refractivity contribution < 1.29 is 17.9 Å². The summed E-state index contributed by atoms with van der Waals surface area (Å²) in [7, 11) is 1.67. The third kappa shape index (κ3) is 10.3. The first-order valence-corrected chi connectivity index (χ1v) is 11.1. The van der Waals surface area contributed by atoms with E-state index in [1.807, 2.05) is 27.7 Å². The first-order valence-electron chi connectivity index (χ1n) is 11.1. The van der Waals surface area contributed by atoms with E-state index in [4.69, 9.17) is 10.5 Å². The first-order chi connectivity index (χ1) is 14.5. The second-order valence-electron chi connectivity index (χ2n) is 6.75. The zero-order valence-electron chi connectivity index (χ0n) is 19.2. The minimum absolute atomic E-state index is 0.0250. The van der Waals surface area contributed by atoms with Crippen molar-refractivity contribution in [1.82, 2.24) is 10.6 Å². The fourth-order valence-corrected chi connectivity index (χ4v) is 3.11. The Morgan fingerprint density at radius 3 is 2.37 bits per heavy atom. The number of halogens is 3. The van der Waals surface area contributed by atoms with Gasteiger partial charge in [0.25, 0.3) is 0 Å². The fourth-order valence-electron chi connectivity index (χ4n) is 3.11. The van der Waals surface area contributed by atoms with Crippen molar-refractivity contribution in [2.75, 3.05) is 20.1 Å². The van der Waals surface area contributed by atoms with Gasteiger partial charge in [-0.25, -0.2) is 13.2 Å². The summed E-state index contributed by atoms with van der Waals surface area (Å²) in [6.45, 7) is 8.52. The van der Waals surface area contributed by atoms with Gasteiger partial charge < -0.3 is 21.1 Å². The second kappa shape index (κ2) is 17.0. The number of nitrogens with one attached hydrogen (secondary N) is 2. The highest BCUT2D eigenvalue weighted by Crippen LogP contribution is 2.23. The predicted octanol–water partition coefficient (Wildman–Crippen LogP) is 5.39. The summed E-state index contributed by atoms with van der Waals surface area (Å²) in [4.78, 5) is 0. The molecule has 1 aliphatic rings. The smallest absolute Gasteiger partial charge is 0.221 e. The average Bonchev–Trinajstić information content (AvgIpc) is 2.79. The topological polar surface area (TPSA) is 59.3 Å². The molecular weight excluding hydrogens is 391 g/mol. The molecule has 0 saturated heterocycles. The maximum atomic E-state index is 14.6. The maximum absolute atomic E-state index is 14.6. The van der Waals surface area contributed by atoms with Crippen molar-refractivity contribution in [2.24, 2.45) is 11.7 Å². The van der Waals surface area contributed by atoms with Crippen LogP contribution < -0.4 is 16.4 Å². The molecule has 7 heteroatoms. The number of nitrogens with two attached hydrogens (primary N) is 1. The van der Waals surface area contributed by atoms with Gasteiger partial charge in [0.15, 0.2) is 5.83 Å². The summed E-state index contributed by atoms with van der Waals surface area (Å²) in [5.41, 5.74) is 5.84. The van der Waals surface area contributed by atoms with Crippen molar-refractivity contribution in [3.63, 3.8) is 0 Å². The van der Waals surface area contributed by atoms with E-state index in [-0.39, 0.29) is 24.6 Å². The number of hydrogen-bond donors (Lipinski definition) is 3. The van der Waals surface area contributed by atoms with Gasteiger partial charge >= 0.3 is 0 Å². The molecule has 1 saturated carbocycles. The molecule has 0 bridgehead atoms. The quantitative estimate of drug-likeness (QED) is 0.459. The minimum Gasteiger partial charge on any atom is -0.472 e. The van der Waals surface area contributed by atoms with Crippen LogP contribution in [0, 0.1) is 17.6 Å². The largest absolute Gasteiger partial charge is 0.472 e. The van der Waals surface area contributed by atoms with Crippen LogP contribution in [-0.2, 0) is 11.3 Å². The van der Waals surface area contributed by atoms with E-state index in [2.05, 4.69) is 10.6 Å². The maximum Gasteiger partial charge on any atom is 0.221 e. The van der Waals surface area contributed by atoms with Crippen LogP contribution in [0.4, 0.5) is 13.2 Å². The monoisotopic (exact) mass is 431 g/mol. The second-order valence-corrected chi connectivity index (χ2v) is 6.75. The molecule has 4 N–H and O–H groups in total. The first kappa shape index (κ1) is 28.3. The van der Waals surface area contributed by atoms with Crippen molar-refractivity contribution in [2.45, 2.75) is 72.4 Å². The lowest BCUT2D eigenvalue weighted by Gasteiger charge is -2.24. The van der Waals surface area contributed by atoms with E-state index in [1.54, 1.807) is 7.05 Å². The number of rotatable bonds is 9. The van der Waals surface area contributed by atoms with Crippen molar-refractivity contribution in [1.29, 1.82) is 0 Å². The molecule has 174 valence electrons. The number of likely N-dealkylation sites (N-methyl/N-ethyl adjacent to an activating group) is 1. The van der Waals surface area contributed by atoms with Crippen LogP contribution >= 0.6 is 0 Å². The Morgan fingerprint density at radius 2 is 1.77 bits per heavy atom. The molecule has 0 spiro atoms. The summed E-state index contributed by atoms with van der Waals surface area (Å²) in [6.07, 6.45) is 5.74. The Kier molecular flexibility index (Phi) is 16.0. The highest BCUT2D eigenvalue weighted by molar-refractivity contribution is 5.18. The molecule has 0 heterocycles. The lowest BCUT2D eigenvalue weighted by atomic mass is 9.89. The van der Waals surface area contributed by atoms with Gasteiger partial charge in [-0.1, -0.05) is 47.0 Å². The molecule has 1 unspecified atom stereocenters. The molecule has 1 atom stereocenters. The standard InChI is InChI=1S/C19H28F3N3O.2C2H6/c1-24-11-17(23)18(22)19(25-10-13-5-3-2-4-6-13)26-12-14-9-15(20)7-8-16(14)21;2*1-2/h7-9,13,17,24-25H,2-6,10-12,23H2,1H3;2*1-2H3/b19-18-;;. The summed E-state index contributed by atoms with van der Waals surface area (Å²) >= 11 is 0. The molecule has 0 radical (unpaired) electrons. The zero-order valence-corrected chi connectivity index (χ0v) is 19.2. The van der Waals surface area contributed by atoms with E-state index in [9.17, 15) is 13.2 Å². The normalized spacial score (nSPS) is 15.6. The summed E-state index contributed by atoms with van der Waals surface area (Å²) in [6, 6.07) is 2.21. The zero-order chi connectivity index (χ0) is 22.9. The third-order valence-corrected chi connectivity index (χ3v) is 4.62. The molecule has 2 rings (SSSR count). The predicted molar refractivity (Wildman–Crippen MR) is 118 cm³/mol. The Morgan fingerprint density at radius 1 is 1.13 bits per heavy atom. The lowest BCUT2D eigenvalue weighted by Crippen LogP contribution is -2.36. The Balaban J connectivity index is 0.00000198. The van der Waals surface area contributed by atoms with E-state index in [0.29, 0.717) is 12.5 Å². The van der Waals surface area contributed by atoms with E-state index < -0.39 is 23.5 Å². The van der Waals surface area contributed by atoms with Gasteiger partial charge in [-0.2, -0.15) is 0 Å². The van der Waals surface area contributed by atoms with Gasteiger partial charge in [-0.3, -0.25) is 0 Å². The minimum atomic E-state index is -0.883. The lowest BCUT2D eigenvalue weighted by molar-refractivity contribution is 0.155. The number of benzene rings is 1. The highest BCUT2D eigenvalue weighted by atomic mass is 19.1. The molecule has 4 nitrogen and oxygen atoms in total. The summed E-state index contributed by atoms with van der Waals surface area (Å²) in [5.74, 6) is -1.45. The Hall–Kier alpha value is -1.73.